The monoisotopic (exact) mass is 392 g/mol. The first-order chi connectivity index (χ1) is 14.2. The molecule has 8 heteroatoms. The van der Waals surface area contributed by atoms with Crippen LogP contribution in [0.5, 0.6) is 0 Å². The van der Waals surface area contributed by atoms with Crippen molar-refractivity contribution in [3.8, 4) is 0 Å². The smallest absolute Gasteiger partial charge is 0.257 e. The van der Waals surface area contributed by atoms with Crippen molar-refractivity contribution < 1.29 is 18.4 Å². The number of piperazine rings is 1. The summed E-state index contributed by atoms with van der Waals surface area (Å²) >= 11 is 0. The predicted octanol–water partition coefficient (Wildman–Crippen LogP) is 2.14. The molecule has 1 N–H and O–H groups in total. The molecule has 2 aromatic heterocycles. The molecule has 29 heavy (non-hydrogen) atoms. The lowest BCUT2D eigenvalue weighted by atomic mass is 10.1. The van der Waals surface area contributed by atoms with Crippen molar-refractivity contribution in [2.24, 2.45) is 5.10 Å². The molecule has 8 nitrogen and oxygen atoms in total. The van der Waals surface area contributed by atoms with E-state index in [9.17, 15) is 9.59 Å². The van der Waals surface area contributed by atoms with Gasteiger partial charge >= 0.3 is 0 Å². The van der Waals surface area contributed by atoms with Gasteiger partial charge in [0.25, 0.3) is 5.91 Å². The number of amides is 2. The molecule has 0 bridgehead atoms. The number of nitrogens with one attached hydrogen (secondary N) is 1. The summed E-state index contributed by atoms with van der Waals surface area (Å²) in [6.45, 7) is 1.52. The highest BCUT2D eigenvalue weighted by atomic mass is 16.3. The maximum Gasteiger partial charge on any atom is 0.257 e. The third kappa shape index (κ3) is 3.42. The van der Waals surface area contributed by atoms with Gasteiger partial charge in [0.15, 0.2) is 5.76 Å². The number of nitrogens with zero attached hydrogens (tertiary/aromatic N) is 3. The molecule has 0 spiro atoms. The summed E-state index contributed by atoms with van der Waals surface area (Å²) in [7, 11) is 0. The van der Waals surface area contributed by atoms with Crippen LogP contribution in [-0.2, 0) is 9.59 Å². The minimum atomic E-state index is -0.334. The van der Waals surface area contributed by atoms with Crippen LogP contribution in [0.3, 0.4) is 0 Å². The molecular weight excluding hydrogens is 372 g/mol. The Morgan fingerprint density at radius 1 is 1.24 bits per heavy atom. The number of hydrogen-bond acceptors (Lipinski definition) is 6. The fourth-order valence-electron chi connectivity index (χ4n) is 3.81. The molecule has 1 saturated heterocycles. The summed E-state index contributed by atoms with van der Waals surface area (Å²) in [5.41, 5.74) is 1.48. The molecule has 148 valence electrons. The van der Waals surface area contributed by atoms with Crippen LogP contribution in [0.4, 0.5) is 0 Å². The van der Waals surface area contributed by atoms with Gasteiger partial charge in [0, 0.05) is 24.9 Å². The number of rotatable bonds is 4. The zero-order chi connectivity index (χ0) is 19.8. The second kappa shape index (κ2) is 7.21. The standard InChI is InChI=1S/C21H20N4O4/c26-20-12-24(8-7-22-20)13-21(27)25-16(18-6-3-9-28-18)11-15(23-25)19-10-14-4-1-2-5-17(14)29-19/h1-6,9-10,16H,7-8,11-13H2,(H,22,26)/t16-/m1/s1. The summed E-state index contributed by atoms with van der Waals surface area (Å²) in [4.78, 5) is 26.5. The fraction of sp³-hybridized carbons (Fsp3) is 0.286. The average Bonchev–Trinajstić information content (AvgIpc) is 3.45. The molecule has 2 aliphatic rings. The van der Waals surface area contributed by atoms with Gasteiger partial charge in [0.1, 0.15) is 23.1 Å². The Kier molecular flexibility index (Phi) is 4.40. The lowest BCUT2D eigenvalue weighted by Gasteiger charge is -2.28. The van der Waals surface area contributed by atoms with Crippen LogP contribution in [-0.4, -0.2) is 53.6 Å². The lowest BCUT2D eigenvalue weighted by Crippen LogP contribution is -2.50. The number of hydrogen-bond donors (Lipinski definition) is 1. The maximum atomic E-state index is 13.0. The fourth-order valence-corrected chi connectivity index (χ4v) is 3.81. The summed E-state index contributed by atoms with van der Waals surface area (Å²) < 4.78 is 11.5. The van der Waals surface area contributed by atoms with Gasteiger partial charge in [-0.05, 0) is 24.3 Å². The third-order valence-corrected chi connectivity index (χ3v) is 5.22. The maximum absolute atomic E-state index is 13.0. The number of hydrazone groups is 1. The first kappa shape index (κ1) is 17.7. The van der Waals surface area contributed by atoms with Gasteiger partial charge in [-0.3, -0.25) is 14.5 Å². The Balaban J connectivity index is 1.43. The molecule has 1 atom stereocenters. The van der Waals surface area contributed by atoms with E-state index in [1.165, 1.54) is 5.01 Å². The predicted molar refractivity (Wildman–Crippen MR) is 105 cm³/mol. The first-order valence-electron chi connectivity index (χ1n) is 9.58. The zero-order valence-electron chi connectivity index (χ0n) is 15.7. The number of carbonyl (C=O) groups excluding carboxylic acids is 2. The summed E-state index contributed by atoms with van der Waals surface area (Å²) in [6.07, 6.45) is 2.09. The SMILES string of the molecule is O=C1CN(CC(=O)N2N=C(c3cc4ccccc4o3)C[C@@H]2c2ccco2)CCN1. The molecule has 3 aromatic rings. The summed E-state index contributed by atoms with van der Waals surface area (Å²) in [5.74, 6) is 1.08. The molecule has 2 amide bonds. The van der Waals surface area contributed by atoms with Gasteiger partial charge in [-0.1, -0.05) is 18.2 Å². The van der Waals surface area contributed by atoms with E-state index >= 15 is 0 Å². The largest absolute Gasteiger partial charge is 0.467 e. The summed E-state index contributed by atoms with van der Waals surface area (Å²) in [5, 5.41) is 9.82. The minimum Gasteiger partial charge on any atom is -0.467 e. The Morgan fingerprint density at radius 3 is 2.93 bits per heavy atom. The van der Waals surface area contributed by atoms with E-state index in [4.69, 9.17) is 8.83 Å². The Labute approximate surface area is 166 Å². The molecule has 0 unspecified atom stereocenters. The van der Waals surface area contributed by atoms with E-state index in [1.54, 1.807) is 12.3 Å². The average molecular weight is 392 g/mol. The molecule has 0 radical (unpaired) electrons. The van der Waals surface area contributed by atoms with Crippen molar-refractivity contribution in [2.45, 2.75) is 12.5 Å². The van der Waals surface area contributed by atoms with E-state index in [0.29, 0.717) is 36.7 Å². The summed E-state index contributed by atoms with van der Waals surface area (Å²) in [6, 6.07) is 13.0. The number of para-hydroxylation sites is 1. The normalized spacial score (nSPS) is 20.1. The van der Waals surface area contributed by atoms with Crippen molar-refractivity contribution in [1.82, 2.24) is 15.2 Å². The number of benzene rings is 1. The molecule has 4 heterocycles. The Morgan fingerprint density at radius 2 is 2.14 bits per heavy atom. The van der Waals surface area contributed by atoms with Gasteiger partial charge in [-0.15, -0.1) is 0 Å². The molecule has 1 aromatic carbocycles. The van der Waals surface area contributed by atoms with E-state index in [1.807, 2.05) is 41.3 Å². The highest BCUT2D eigenvalue weighted by Crippen LogP contribution is 2.34. The quantitative estimate of drug-likeness (QED) is 0.735. The van der Waals surface area contributed by atoms with Crippen molar-refractivity contribution in [1.29, 1.82) is 0 Å². The van der Waals surface area contributed by atoms with Gasteiger partial charge in [-0.2, -0.15) is 5.10 Å². The molecule has 0 saturated carbocycles. The number of fused-ring (bicyclic) bond motifs is 1. The van der Waals surface area contributed by atoms with E-state index in [0.717, 1.165) is 11.0 Å². The topological polar surface area (TPSA) is 91.3 Å². The van der Waals surface area contributed by atoms with Crippen molar-refractivity contribution in [3.63, 3.8) is 0 Å². The molecule has 0 aliphatic carbocycles. The Hall–Kier alpha value is -3.39. The van der Waals surface area contributed by atoms with Crippen LogP contribution < -0.4 is 5.32 Å². The van der Waals surface area contributed by atoms with Gasteiger partial charge in [0.05, 0.1) is 19.4 Å². The van der Waals surface area contributed by atoms with Crippen LogP contribution in [0.25, 0.3) is 11.0 Å². The van der Waals surface area contributed by atoms with Crippen molar-refractivity contribution >= 4 is 28.5 Å². The van der Waals surface area contributed by atoms with E-state index < -0.39 is 0 Å². The minimum absolute atomic E-state index is 0.0699. The van der Waals surface area contributed by atoms with Gasteiger partial charge < -0.3 is 14.2 Å². The van der Waals surface area contributed by atoms with E-state index in [-0.39, 0.29) is 30.9 Å². The molecule has 2 aliphatic heterocycles. The first-order valence-corrected chi connectivity index (χ1v) is 9.58. The van der Waals surface area contributed by atoms with Crippen LogP contribution in [0.15, 0.2) is 62.7 Å². The van der Waals surface area contributed by atoms with Crippen LogP contribution in [0.2, 0.25) is 0 Å². The zero-order valence-corrected chi connectivity index (χ0v) is 15.7. The second-order valence-electron chi connectivity index (χ2n) is 7.23. The van der Waals surface area contributed by atoms with Crippen LogP contribution in [0.1, 0.15) is 24.0 Å². The second-order valence-corrected chi connectivity index (χ2v) is 7.23. The van der Waals surface area contributed by atoms with Crippen LogP contribution in [0, 0.1) is 0 Å². The molecule has 5 rings (SSSR count). The number of furan rings is 2. The highest BCUT2D eigenvalue weighted by molar-refractivity contribution is 6.03. The lowest BCUT2D eigenvalue weighted by molar-refractivity contribution is -0.135. The van der Waals surface area contributed by atoms with Crippen LogP contribution >= 0.6 is 0 Å². The van der Waals surface area contributed by atoms with Gasteiger partial charge in [-0.25, -0.2) is 5.01 Å². The third-order valence-electron chi connectivity index (χ3n) is 5.22. The van der Waals surface area contributed by atoms with Crippen molar-refractivity contribution in [2.75, 3.05) is 26.2 Å². The van der Waals surface area contributed by atoms with E-state index in [2.05, 4.69) is 10.4 Å². The highest BCUT2D eigenvalue weighted by Gasteiger charge is 2.36. The number of carbonyl (C=O) groups is 2. The van der Waals surface area contributed by atoms with Crippen molar-refractivity contribution in [3.05, 3.63) is 60.2 Å². The Bertz CT molecular complexity index is 1050. The molecule has 1 fully saturated rings. The van der Waals surface area contributed by atoms with Gasteiger partial charge in [0.2, 0.25) is 5.91 Å². The molecular formula is C21H20N4O4.